The normalized spacial score (nSPS) is 17.0. The topological polar surface area (TPSA) is 96.4 Å². The number of ether oxygens (including phenoxy) is 2. The van der Waals surface area contributed by atoms with E-state index in [0.29, 0.717) is 48.4 Å². The van der Waals surface area contributed by atoms with Gasteiger partial charge in [0.15, 0.2) is 0 Å². The number of carbonyl (C=O) groups is 1. The summed E-state index contributed by atoms with van der Waals surface area (Å²) in [7, 11) is 5.48. The number of aromatic nitrogens is 2. The molecule has 2 aliphatic rings. The first-order valence-corrected chi connectivity index (χ1v) is 13.0. The molecule has 2 aromatic rings. The van der Waals surface area contributed by atoms with E-state index in [1.807, 2.05) is 20.0 Å². The lowest BCUT2D eigenvalue weighted by molar-refractivity contribution is -0.627. The van der Waals surface area contributed by atoms with Crippen molar-refractivity contribution in [3.05, 3.63) is 52.8 Å². The van der Waals surface area contributed by atoms with Crippen LogP contribution in [-0.4, -0.2) is 81.3 Å². The van der Waals surface area contributed by atoms with E-state index in [1.165, 1.54) is 11.0 Å². The number of rotatable bonds is 10. The van der Waals surface area contributed by atoms with Gasteiger partial charge in [-0.15, -0.1) is 0 Å². The SMILES string of the molecule is C[NH2+]CCCNC1=C(OC(C)c2cc(C(=O)N(C)C)cc3ncc(N4CCOCC4)nc23)C=C(F)CC1. The zero-order valence-corrected chi connectivity index (χ0v) is 22.2. The monoisotopic (exact) mass is 513 g/mol. The van der Waals surface area contributed by atoms with Crippen LogP contribution in [0.15, 0.2) is 41.7 Å². The van der Waals surface area contributed by atoms with Crippen LogP contribution in [0.25, 0.3) is 11.0 Å². The highest BCUT2D eigenvalue weighted by atomic mass is 19.1. The second kappa shape index (κ2) is 12.3. The van der Waals surface area contributed by atoms with E-state index in [0.717, 1.165) is 49.7 Å². The lowest BCUT2D eigenvalue weighted by Crippen LogP contribution is -2.79. The van der Waals surface area contributed by atoms with Gasteiger partial charge in [-0.3, -0.25) is 9.78 Å². The lowest BCUT2D eigenvalue weighted by Gasteiger charge is -2.28. The van der Waals surface area contributed by atoms with Gasteiger partial charge < -0.3 is 29.9 Å². The van der Waals surface area contributed by atoms with Crippen LogP contribution < -0.4 is 15.5 Å². The highest BCUT2D eigenvalue weighted by molar-refractivity contribution is 5.98. The van der Waals surface area contributed by atoms with Gasteiger partial charge >= 0.3 is 0 Å². The summed E-state index contributed by atoms with van der Waals surface area (Å²) in [6.07, 6.45) is 4.62. The molecule has 9 nitrogen and oxygen atoms in total. The molecule has 0 saturated carbocycles. The summed E-state index contributed by atoms with van der Waals surface area (Å²) in [6, 6.07) is 3.59. The molecule has 2 heterocycles. The maximum Gasteiger partial charge on any atom is 0.253 e. The maximum absolute atomic E-state index is 14.3. The first-order chi connectivity index (χ1) is 17.9. The van der Waals surface area contributed by atoms with Crippen molar-refractivity contribution >= 4 is 22.8 Å². The van der Waals surface area contributed by atoms with Gasteiger partial charge in [-0.2, -0.15) is 0 Å². The average Bonchev–Trinajstić information content (AvgIpc) is 2.91. The zero-order chi connectivity index (χ0) is 26.4. The zero-order valence-electron chi connectivity index (χ0n) is 22.2. The molecule has 0 bridgehead atoms. The molecular weight excluding hydrogens is 475 g/mol. The number of carbonyl (C=O) groups excluding carboxylic acids is 1. The minimum atomic E-state index is -0.496. The number of hydrogen-bond acceptors (Lipinski definition) is 7. The second-order valence-electron chi connectivity index (χ2n) is 9.63. The quantitative estimate of drug-likeness (QED) is 0.471. The molecule has 1 aliphatic heterocycles. The molecule has 1 atom stereocenters. The van der Waals surface area contributed by atoms with Crippen LogP contribution in [0.4, 0.5) is 10.2 Å². The fourth-order valence-electron chi connectivity index (χ4n) is 4.52. The molecule has 37 heavy (non-hydrogen) atoms. The molecule has 1 aromatic heterocycles. The molecule has 1 saturated heterocycles. The van der Waals surface area contributed by atoms with Crippen molar-refractivity contribution < 1.29 is 24.0 Å². The van der Waals surface area contributed by atoms with Crippen molar-refractivity contribution in [3.63, 3.8) is 0 Å². The van der Waals surface area contributed by atoms with Gasteiger partial charge in [0.25, 0.3) is 5.91 Å². The standard InChI is InChI=1S/C27H37FN6O3/c1-18(37-24-16-20(28)6-7-22(24)30-9-5-8-29-2)21-14-19(27(35)33(3)4)15-23-26(21)32-25(17-31-23)34-10-12-36-13-11-34/h14-18,29-30H,5-13H2,1-4H3/p+1. The molecule has 1 fully saturated rings. The third-order valence-corrected chi connectivity index (χ3v) is 6.60. The summed E-state index contributed by atoms with van der Waals surface area (Å²) in [6.45, 7) is 6.46. The number of benzene rings is 1. The van der Waals surface area contributed by atoms with E-state index >= 15 is 0 Å². The van der Waals surface area contributed by atoms with E-state index < -0.39 is 6.10 Å². The predicted molar refractivity (Wildman–Crippen MR) is 141 cm³/mol. The number of morpholine rings is 1. The molecule has 1 aliphatic carbocycles. The Morgan fingerprint density at radius 1 is 1.30 bits per heavy atom. The highest BCUT2D eigenvalue weighted by Crippen LogP contribution is 2.33. The number of nitrogens with two attached hydrogens (primary N) is 1. The van der Waals surface area contributed by atoms with Crippen molar-refractivity contribution in [1.82, 2.24) is 20.2 Å². The van der Waals surface area contributed by atoms with Crippen LogP contribution >= 0.6 is 0 Å². The molecule has 10 heteroatoms. The third kappa shape index (κ3) is 6.56. The van der Waals surface area contributed by atoms with E-state index in [4.69, 9.17) is 14.5 Å². The minimum absolute atomic E-state index is 0.132. The van der Waals surface area contributed by atoms with Crippen LogP contribution in [0.1, 0.15) is 48.2 Å². The third-order valence-electron chi connectivity index (χ3n) is 6.60. The Labute approximate surface area is 217 Å². The van der Waals surface area contributed by atoms with E-state index in [9.17, 15) is 9.18 Å². The number of quaternary nitrogens is 1. The average molecular weight is 514 g/mol. The number of hydrogen-bond donors (Lipinski definition) is 2. The maximum atomic E-state index is 14.3. The second-order valence-corrected chi connectivity index (χ2v) is 9.63. The molecule has 3 N–H and O–H groups in total. The summed E-state index contributed by atoms with van der Waals surface area (Å²) in [4.78, 5) is 26.1. The van der Waals surface area contributed by atoms with Gasteiger partial charge in [0.05, 0.1) is 49.7 Å². The summed E-state index contributed by atoms with van der Waals surface area (Å²) < 4.78 is 26.2. The van der Waals surface area contributed by atoms with Gasteiger partial charge in [0, 0.05) is 63.8 Å². The molecular formula is C27H38FN6O3+. The van der Waals surface area contributed by atoms with Crippen LogP contribution in [0.5, 0.6) is 0 Å². The number of nitrogens with zero attached hydrogens (tertiary/aromatic N) is 4. The molecule has 1 aromatic carbocycles. The van der Waals surface area contributed by atoms with Crippen LogP contribution in [0.3, 0.4) is 0 Å². The molecule has 200 valence electrons. The Morgan fingerprint density at radius 3 is 2.81 bits per heavy atom. The molecule has 4 rings (SSSR count). The van der Waals surface area contributed by atoms with Gasteiger partial charge in [0.1, 0.15) is 23.5 Å². The van der Waals surface area contributed by atoms with Crippen molar-refractivity contribution in [2.75, 3.05) is 65.4 Å². The number of amides is 1. The molecule has 0 radical (unpaired) electrons. The first-order valence-electron chi connectivity index (χ1n) is 13.0. The van der Waals surface area contributed by atoms with Crippen LogP contribution in [0, 0.1) is 0 Å². The number of allylic oxidation sites excluding steroid dienone is 3. The van der Waals surface area contributed by atoms with E-state index in [2.05, 4.69) is 20.5 Å². The summed E-state index contributed by atoms with van der Waals surface area (Å²) in [5.74, 6) is 0.915. The highest BCUT2D eigenvalue weighted by Gasteiger charge is 2.23. The molecule has 1 unspecified atom stereocenters. The minimum Gasteiger partial charge on any atom is -0.484 e. The Kier molecular flexibility index (Phi) is 8.94. The summed E-state index contributed by atoms with van der Waals surface area (Å²) in [5, 5.41) is 5.57. The van der Waals surface area contributed by atoms with Crippen molar-refractivity contribution in [2.24, 2.45) is 0 Å². The fraction of sp³-hybridized carbons (Fsp3) is 0.519. The number of fused-ring (bicyclic) bond motifs is 1. The van der Waals surface area contributed by atoms with Crippen LogP contribution in [-0.2, 0) is 9.47 Å². The van der Waals surface area contributed by atoms with Crippen molar-refractivity contribution in [2.45, 2.75) is 32.3 Å². The number of halogens is 1. The van der Waals surface area contributed by atoms with Crippen molar-refractivity contribution in [3.8, 4) is 0 Å². The Bertz CT molecular complexity index is 1180. The van der Waals surface area contributed by atoms with Gasteiger partial charge in [-0.05, 0) is 25.5 Å². The van der Waals surface area contributed by atoms with Crippen LogP contribution in [0.2, 0.25) is 0 Å². The fourth-order valence-corrected chi connectivity index (χ4v) is 4.52. The van der Waals surface area contributed by atoms with E-state index in [1.54, 1.807) is 26.4 Å². The largest absolute Gasteiger partial charge is 0.484 e. The van der Waals surface area contributed by atoms with Crippen molar-refractivity contribution in [1.29, 1.82) is 0 Å². The number of anilines is 1. The van der Waals surface area contributed by atoms with Gasteiger partial charge in [-0.1, -0.05) is 0 Å². The number of nitrogens with one attached hydrogen (secondary N) is 1. The first kappa shape index (κ1) is 26.8. The smallest absolute Gasteiger partial charge is 0.253 e. The van der Waals surface area contributed by atoms with E-state index in [-0.39, 0.29) is 11.7 Å². The Balaban J connectivity index is 1.70. The summed E-state index contributed by atoms with van der Waals surface area (Å²) >= 11 is 0. The summed E-state index contributed by atoms with van der Waals surface area (Å²) in [5.41, 5.74) is 3.42. The van der Waals surface area contributed by atoms with Gasteiger partial charge in [-0.25, -0.2) is 9.37 Å². The molecule has 0 spiro atoms. The lowest BCUT2D eigenvalue weighted by atomic mass is 10.0. The molecule has 1 amide bonds. The van der Waals surface area contributed by atoms with Gasteiger partial charge in [0.2, 0.25) is 0 Å². The predicted octanol–water partition coefficient (Wildman–Crippen LogP) is 2.28. The Hall–Kier alpha value is -3.24. The Morgan fingerprint density at radius 2 is 2.08 bits per heavy atom.